The monoisotopic (exact) mass is 393 g/mol. The molecule has 0 spiro atoms. The molecule has 0 fully saturated rings. The van der Waals surface area contributed by atoms with Crippen molar-refractivity contribution < 1.29 is 19.4 Å². The summed E-state index contributed by atoms with van der Waals surface area (Å²) in [6.07, 6.45) is 9.37. The second-order valence-electron chi connectivity index (χ2n) is 7.50. The van der Waals surface area contributed by atoms with Crippen LogP contribution in [-0.2, 0) is 16.0 Å². The Bertz CT molecular complexity index is 547. The van der Waals surface area contributed by atoms with Gasteiger partial charge in [0.15, 0.2) is 11.5 Å². The fraction of sp³-hybridized carbons (Fsp3) is 0.696. The number of methoxy groups -OCH3 is 1. The molecule has 1 rings (SSSR count). The first-order chi connectivity index (χ1) is 13.6. The molecule has 1 aromatic carbocycles. The van der Waals surface area contributed by atoms with Gasteiger partial charge in [-0.2, -0.15) is 0 Å². The standard InChI is InChI=1S/C23H39NO4/c1-4-5-15-24-23(26)19(2)11-8-6-7-9-12-20-13-14-21(25)22(18-20)28-17-10-16-27-3/h13-14,18-19,25H,4-12,15-17H2,1-3H3,(H,24,26)/t19-/m1/s1. The molecule has 0 heterocycles. The van der Waals surface area contributed by atoms with Gasteiger partial charge in [0.05, 0.1) is 6.61 Å². The van der Waals surface area contributed by atoms with Crippen molar-refractivity contribution in [3.05, 3.63) is 23.8 Å². The van der Waals surface area contributed by atoms with Gasteiger partial charge < -0.3 is 19.9 Å². The van der Waals surface area contributed by atoms with Gasteiger partial charge in [0, 0.05) is 32.6 Å². The number of amides is 1. The number of hydrogen-bond acceptors (Lipinski definition) is 4. The molecule has 1 atom stereocenters. The van der Waals surface area contributed by atoms with Gasteiger partial charge in [-0.3, -0.25) is 4.79 Å². The van der Waals surface area contributed by atoms with E-state index in [-0.39, 0.29) is 17.6 Å². The largest absolute Gasteiger partial charge is 0.504 e. The molecule has 0 unspecified atom stereocenters. The second kappa shape index (κ2) is 15.2. The molecule has 0 radical (unpaired) electrons. The maximum absolute atomic E-state index is 11.9. The van der Waals surface area contributed by atoms with Crippen molar-refractivity contribution in [2.75, 3.05) is 26.9 Å². The molecule has 0 aliphatic rings. The predicted molar refractivity (Wildman–Crippen MR) is 114 cm³/mol. The van der Waals surface area contributed by atoms with Crippen molar-refractivity contribution in [3.8, 4) is 11.5 Å². The fourth-order valence-corrected chi connectivity index (χ4v) is 3.04. The molecular weight excluding hydrogens is 354 g/mol. The van der Waals surface area contributed by atoms with Crippen LogP contribution in [0.4, 0.5) is 0 Å². The summed E-state index contributed by atoms with van der Waals surface area (Å²) in [5.41, 5.74) is 1.18. The zero-order chi connectivity index (χ0) is 20.6. The van der Waals surface area contributed by atoms with Crippen LogP contribution in [0.5, 0.6) is 11.5 Å². The number of benzene rings is 1. The minimum Gasteiger partial charge on any atom is -0.504 e. The van der Waals surface area contributed by atoms with Crippen molar-refractivity contribution >= 4 is 5.91 Å². The third-order valence-corrected chi connectivity index (χ3v) is 4.90. The molecule has 2 N–H and O–H groups in total. The molecule has 5 heteroatoms. The van der Waals surface area contributed by atoms with E-state index in [9.17, 15) is 9.90 Å². The fourth-order valence-electron chi connectivity index (χ4n) is 3.04. The Labute approximate surface area is 170 Å². The highest BCUT2D eigenvalue weighted by Gasteiger charge is 2.11. The number of nitrogens with one attached hydrogen (secondary N) is 1. The number of ether oxygens (including phenoxy) is 2. The molecule has 0 aromatic heterocycles. The lowest BCUT2D eigenvalue weighted by Crippen LogP contribution is -2.29. The van der Waals surface area contributed by atoms with E-state index in [4.69, 9.17) is 9.47 Å². The minimum absolute atomic E-state index is 0.103. The molecule has 0 saturated carbocycles. The summed E-state index contributed by atoms with van der Waals surface area (Å²) in [5.74, 6) is 1.03. The lowest BCUT2D eigenvalue weighted by Gasteiger charge is -2.12. The number of carbonyl (C=O) groups is 1. The summed E-state index contributed by atoms with van der Waals surface area (Å²) in [5, 5.41) is 12.9. The molecule has 28 heavy (non-hydrogen) atoms. The third-order valence-electron chi connectivity index (χ3n) is 4.90. The van der Waals surface area contributed by atoms with Crippen LogP contribution < -0.4 is 10.1 Å². The van der Waals surface area contributed by atoms with E-state index in [1.54, 1.807) is 13.2 Å². The predicted octanol–water partition coefficient (Wildman–Crippen LogP) is 4.85. The Balaban J connectivity index is 2.19. The molecular formula is C23H39NO4. The van der Waals surface area contributed by atoms with E-state index in [1.165, 1.54) is 5.56 Å². The first-order valence-electron chi connectivity index (χ1n) is 10.8. The average molecular weight is 394 g/mol. The smallest absolute Gasteiger partial charge is 0.222 e. The number of carbonyl (C=O) groups excluding carboxylic acids is 1. The van der Waals surface area contributed by atoms with E-state index >= 15 is 0 Å². The molecule has 1 aromatic rings. The Hall–Kier alpha value is -1.75. The van der Waals surface area contributed by atoms with Gasteiger partial charge in [-0.25, -0.2) is 0 Å². The molecule has 0 aliphatic heterocycles. The zero-order valence-corrected chi connectivity index (χ0v) is 18.0. The first-order valence-corrected chi connectivity index (χ1v) is 10.8. The Morgan fingerprint density at radius 2 is 1.89 bits per heavy atom. The number of unbranched alkanes of at least 4 members (excludes halogenated alkanes) is 4. The Kier molecular flexibility index (Phi) is 13.2. The van der Waals surface area contributed by atoms with E-state index in [2.05, 4.69) is 12.2 Å². The highest BCUT2D eigenvalue weighted by atomic mass is 16.5. The Morgan fingerprint density at radius 3 is 2.64 bits per heavy atom. The maximum atomic E-state index is 11.9. The SMILES string of the molecule is CCCCNC(=O)[C@H](C)CCCCCCc1ccc(O)c(OCCCOC)c1. The number of phenolic OH excluding ortho intramolecular Hbond substituents is 1. The number of aromatic hydroxyl groups is 1. The quantitative estimate of drug-likeness (QED) is 0.394. The van der Waals surface area contributed by atoms with Gasteiger partial charge in [0.2, 0.25) is 5.91 Å². The second-order valence-corrected chi connectivity index (χ2v) is 7.50. The van der Waals surface area contributed by atoms with Crippen molar-refractivity contribution in [1.29, 1.82) is 0 Å². The lowest BCUT2D eigenvalue weighted by molar-refractivity contribution is -0.124. The summed E-state index contributed by atoms with van der Waals surface area (Å²) < 4.78 is 10.6. The van der Waals surface area contributed by atoms with Gasteiger partial charge in [-0.15, -0.1) is 0 Å². The van der Waals surface area contributed by atoms with Crippen molar-refractivity contribution in [2.45, 2.75) is 71.6 Å². The molecule has 0 aliphatic carbocycles. The van der Waals surface area contributed by atoms with Crippen LogP contribution in [-0.4, -0.2) is 37.9 Å². The van der Waals surface area contributed by atoms with Crippen LogP contribution in [0.25, 0.3) is 0 Å². The van der Waals surface area contributed by atoms with Crippen LogP contribution in [0.2, 0.25) is 0 Å². The van der Waals surface area contributed by atoms with E-state index < -0.39 is 0 Å². The number of phenols is 1. The van der Waals surface area contributed by atoms with E-state index in [0.717, 1.165) is 64.3 Å². The summed E-state index contributed by atoms with van der Waals surface area (Å²) in [7, 11) is 1.67. The van der Waals surface area contributed by atoms with Crippen LogP contribution in [0, 0.1) is 5.92 Å². The third kappa shape index (κ3) is 10.5. The average Bonchev–Trinajstić information content (AvgIpc) is 2.69. The summed E-state index contributed by atoms with van der Waals surface area (Å²) in [6.45, 7) is 6.13. The van der Waals surface area contributed by atoms with Gasteiger partial charge in [-0.1, -0.05) is 45.6 Å². The zero-order valence-electron chi connectivity index (χ0n) is 18.0. The molecule has 1 amide bonds. The van der Waals surface area contributed by atoms with Gasteiger partial charge in [0.1, 0.15) is 0 Å². The number of rotatable bonds is 16. The summed E-state index contributed by atoms with van der Waals surface area (Å²) >= 11 is 0. The van der Waals surface area contributed by atoms with Crippen LogP contribution in [0.1, 0.15) is 70.8 Å². The number of aryl methyl sites for hydroxylation is 1. The van der Waals surface area contributed by atoms with Crippen molar-refractivity contribution in [1.82, 2.24) is 5.32 Å². The van der Waals surface area contributed by atoms with Gasteiger partial charge >= 0.3 is 0 Å². The van der Waals surface area contributed by atoms with Gasteiger partial charge in [0.25, 0.3) is 0 Å². The summed E-state index contributed by atoms with van der Waals surface area (Å²) in [6, 6.07) is 5.60. The van der Waals surface area contributed by atoms with Crippen LogP contribution in [0.15, 0.2) is 18.2 Å². The molecule has 160 valence electrons. The highest BCUT2D eigenvalue weighted by molar-refractivity contribution is 5.78. The maximum Gasteiger partial charge on any atom is 0.222 e. The Morgan fingerprint density at radius 1 is 1.11 bits per heavy atom. The molecule has 0 saturated heterocycles. The van der Waals surface area contributed by atoms with E-state index in [1.807, 2.05) is 19.1 Å². The van der Waals surface area contributed by atoms with E-state index in [0.29, 0.717) is 19.0 Å². The van der Waals surface area contributed by atoms with Crippen LogP contribution >= 0.6 is 0 Å². The topological polar surface area (TPSA) is 67.8 Å². The van der Waals surface area contributed by atoms with Crippen molar-refractivity contribution in [2.24, 2.45) is 5.92 Å². The van der Waals surface area contributed by atoms with Crippen molar-refractivity contribution in [3.63, 3.8) is 0 Å². The number of hydrogen-bond donors (Lipinski definition) is 2. The lowest BCUT2D eigenvalue weighted by atomic mass is 10.00. The van der Waals surface area contributed by atoms with Crippen LogP contribution in [0.3, 0.4) is 0 Å². The minimum atomic E-state index is 0.103. The molecule has 5 nitrogen and oxygen atoms in total. The summed E-state index contributed by atoms with van der Waals surface area (Å²) in [4.78, 5) is 11.9. The highest BCUT2D eigenvalue weighted by Crippen LogP contribution is 2.27. The first kappa shape index (κ1) is 24.3. The normalized spacial score (nSPS) is 12.0. The molecule has 0 bridgehead atoms. The van der Waals surface area contributed by atoms with Gasteiger partial charge in [-0.05, 0) is 43.4 Å².